The lowest BCUT2D eigenvalue weighted by atomic mass is 9.89. The van der Waals surface area contributed by atoms with Crippen LogP contribution in [0.25, 0.3) is 4.96 Å². The van der Waals surface area contributed by atoms with Crippen LogP contribution in [0.5, 0.6) is 5.88 Å². The van der Waals surface area contributed by atoms with E-state index in [1.807, 2.05) is 6.92 Å². The minimum Gasteiger partial charge on any atom is -0.492 e. The Hall–Kier alpha value is -1.92. The van der Waals surface area contributed by atoms with Crippen LogP contribution in [-0.4, -0.2) is 37.7 Å². The van der Waals surface area contributed by atoms with Crippen LogP contribution in [-0.2, 0) is 6.42 Å². The van der Waals surface area contributed by atoms with E-state index in [-0.39, 0.29) is 11.9 Å². The number of hydrogen-bond donors (Lipinski definition) is 1. The number of aryl methyl sites for hydroxylation is 1. The molecule has 1 N–H and O–H groups in total. The lowest BCUT2D eigenvalue weighted by Gasteiger charge is -2.40. The molecule has 0 radical (unpaired) electrons. The quantitative estimate of drug-likeness (QED) is 0.622. The van der Waals surface area contributed by atoms with E-state index >= 15 is 0 Å². The third-order valence-electron chi connectivity index (χ3n) is 5.99. The fourth-order valence-corrected chi connectivity index (χ4v) is 5.77. The Morgan fingerprint density at radius 1 is 1.10 bits per heavy atom. The van der Waals surface area contributed by atoms with Crippen molar-refractivity contribution in [2.24, 2.45) is 11.8 Å². The molecule has 3 heterocycles. The van der Waals surface area contributed by atoms with Gasteiger partial charge in [0, 0.05) is 19.5 Å². The molecule has 1 saturated heterocycles. The highest BCUT2D eigenvalue weighted by Crippen LogP contribution is 2.42. The molecule has 4 rings (SSSR count). The monoisotopic (exact) mass is 412 g/mol. The number of fused-ring (bicyclic) bond motifs is 1. The number of likely N-dealkylation sites (tertiary alicyclic amines) is 1. The van der Waals surface area contributed by atoms with Gasteiger partial charge in [0.2, 0.25) is 10.8 Å². The Morgan fingerprint density at radius 3 is 2.28 bits per heavy atom. The van der Waals surface area contributed by atoms with Gasteiger partial charge < -0.3 is 5.11 Å². The van der Waals surface area contributed by atoms with E-state index in [1.54, 1.807) is 15.9 Å². The number of aromatic nitrogens is 3. The van der Waals surface area contributed by atoms with Gasteiger partial charge in [0.15, 0.2) is 5.82 Å². The molecule has 3 atom stereocenters. The van der Waals surface area contributed by atoms with Gasteiger partial charge in [-0.2, -0.15) is 4.52 Å². The van der Waals surface area contributed by atoms with Crippen LogP contribution in [0, 0.1) is 11.8 Å². The Morgan fingerprint density at radius 2 is 1.72 bits per heavy atom. The lowest BCUT2D eigenvalue weighted by molar-refractivity contribution is 0.112. The predicted molar refractivity (Wildman–Crippen MR) is 119 cm³/mol. The van der Waals surface area contributed by atoms with Crippen LogP contribution in [0.4, 0.5) is 0 Å². The minimum atomic E-state index is 0.0278. The summed E-state index contributed by atoms with van der Waals surface area (Å²) >= 11 is 1.57. The van der Waals surface area contributed by atoms with Gasteiger partial charge in [-0.05, 0) is 35.3 Å². The van der Waals surface area contributed by atoms with Gasteiger partial charge in [0.05, 0.1) is 10.9 Å². The maximum Gasteiger partial charge on any atom is 0.230 e. The van der Waals surface area contributed by atoms with Gasteiger partial charge in [0.1, 0.15) is 0 Å². The summed E-state index contributed by atoms with van der Waals surface area (Å²) in [6.07, 6.45) is 2.03. The van der Waals surface area contributed by atoms with Crippen molar-refractivity contribution in [2.75, 3.05) is 13.1 Å². The van der Waals surface area contributed by atoms with E-state index in [9.17, 15) is 5.11 Å². The molecule has 0 saturated carbocycles. The molecule has 1 aliphatic rings. The van der Waals surface area contributed by atoms with E-state index in [1.165, 1.54) is 17.5 Å². The zero-order valence-corrected chi connectivity index (χ0v) is 18.9. The number of rotatable bonds is 5. The fraction of sp³-hybridized carbons (Fsp3) is 0.565. The van der Waals surface area contributed by atoms with Crippen LogP contribution in [0.3, 0.4) is 0 Å². The van der Waals surface area contributed by atoms with Crippen LogP contribution < -0.4 is 0 Å². The molecule has 156 valence electrons. The average Bonchev–Trinajstić information content (AvgIpc) is 3.21. The molecule has 5 nitrogen and oxygen atoms in total. The maximum atomic E-state index is 11.1. The van der Waals surface area contributed by atoms with E-state index in [0.29, 0.717) is 17.8 Å². The first kappa shape index (κ1) is 20.4. The molecule has 29 heavy (non-hydrogen) atoms. The van der Waals surface area contributed by atoms with Crippen molar-refractivity contribution in [1.29, 1.82) is 0 Å². The Kier molecular flexibility index (Phi) is 5.67. The Balaban J connectivity index is 1.79. The summed E-state index contributed by atoms with van der Waals surface area (Å²) in [6, 6.07) is 8.95. The molecule has 6 heteroatoms. The molecule has 2 aromatic heterocycles. The van der Waals surface area contributed by atoms with E-state index in [2.05, 4.69) is 66.9 Å². The first-order chi connectivity index (χ1) is 13.9. The molecule has 1 aromatic carbocycles. The second-order valence-electron chi connectivity index (χ2n) is 8.99. The molecular formula is C23H32N4OS. The molecule has 0 aliphatic carbocycles. The van der Waals surface area contributed by atoms with Gasteiger partial charge in [-0.3, -0.25) is 4.90 Å². The van der Waals surface area contributed by atoms with Gasteiger partial charge in [-0.15, -0.1) is 5.10 Å². The highest BCUT2D eigenvalue weighted by atomic mass is 32.1. The SMILES string of the molecule is CCc1nc2sc([C@@H](c3ccc(C(C)C)cc3)N3C[C@@H](C)C[C@H](C)C3)c(O)n2n1. The number of aromatic hydroxyl groups is 1. The zero-order valence-electron chi connectivity index (χ0n) is 18.1. The number of hydrogen-bond acceptors (Lipinski definition) is 5. The van der Waals surface area contributed by atoms with E-state index in [0.717, 1.165) is 35.2 Å². The summed E-state index contributed by atoms with van der Waals surface area (Å²) in [7, 11) is 0. The molecule has 0 spiro atoms. The van der Waals surface area contributed by atoms with E-state index in [4.69, 9.17) is 0 Å². The molecule has 3 aromatic rings. The van der Waals surface area contributed by atoms with Gasteiger partial charge in [0.25, 0.3) is 0 Å². The van der Waals surface area contributed by atoms with Crippen molar-refractivity contribution < 1.29 is 5.11 Å². The van der Waals surface area contributed by atoms with Crippen LogP contribution in [0.2, 0.25) is 0 Å². The first-order valence-electron chi connectivity index (χ1n) is 10.8. The summed E-state index contributed by atoms with van der Waals surface area (Å²) in [4.78, 5) is 8.85. The molecule has 0 unspecified atom stereocenters. The highest BCUT2D eigenvalue weighted by molar-refractivity contribution is 7.17. The smallest absolute Gasteiger partial charge is 0.230 e. The fourth-order valence-electron chi connectivity index (χ4n) is 4.63. The van der Waals surface area contributed by atoms with Gasteiger partial charge >= 0.3 is 0 Å². The number of thiazole rings is 1. The van der Waals surface area contributed by atoms with Crippen molar-refractivity contribution in [3.05, 3.63) is 46.1 Å². The van der Waals surface area contributed by atoms with Gasteiger partial charge in [-0.25, -0.2) is 4.98 Å². The second-order valence-corrected chi connectivity index (χ2v) is 10.00. The summed E-state index contributed by atoms with van der Waals surface area (Å²) in [5.41, 5.74) is 2.57. The van der Waals surface area contributed by atoms with Gasteiger partial charge in [-0.1, -0.05) is 70.2 Å². The standard InChI is InChI=1S/C23H32N4OS/c1-6-19-24-23-27(25-19)22(28)21(29-23)20(26-12-15(4)11-16(5)13-26)18-9-7-17(8-10-18)14(2)3/h7-10,14-16,20,28H,6,11-13H2,1-5H3/t15-,16-,20+/m0/s1. The topological polar surface area (TPSA) is 53.7 Å². The molecule has 0 bridgehead atoms. The largest absolute Gasteiger partial charge is 0.492 e. The zero-order chi connectivity index (χ0) is 20.7. The van der Waals surface area contributed by atoms with Crippen molar-refractivity contribution in [1.82, 2.24) is 19.5 Å². The van der Waals surface area contributed by atoms with Crippen LogP contribution in [0.1, 0.15) is 74.8 Å². The average molecular weight is 413 g/mol. The van der Waals surface area contributed by atoms with Crippen molar-refractivity contribution in [3.63, 3.8) is 0 Å². The van der Waals surface area contributed by atoms with Crippen molar-refractivity contribution >= 4 is 16.3 Å². The summed E-state index contributed by atoms with van der Waals surface area (Å²) in [5.74, 6) is 2.81. The molecule has 1 aliphatic heterocycles. The highest BCUT2D eigenvalue weighted by Gasteiger charge is 2.33. The molecular weight excluding hydrogens is 380 g/mol. The summed E-state index contributed by atoms with van der Waals surface area (Å²) < 4.78 is 1.62. The lowest BCUT2D eigenvalue weighted by Crippen LogP contribution is -2.41. The van der Waals surface area contributed by atoms with Crippen LogP contribution >= 0.6 is 11.3 Å². The third-order valence-corrected chi connectivity index (χ3v) is 7.06. The van der Waals surface area contributed by atoms with Crippen molar-refractivity contribution in [2.45, 2.75) is 59.4 Å². The van der Waals surface area contributed by atoms with Crippen molar-refractivity contribution in [3.8, 4) is 5.88 Å². The van der Waals surface area contributed by atoms with Crippen LogP contribution in [0.15, 0.2) is 24.3 Å². The Bertz CT molecular complexity index is 965. The number of piperidine rings is 1. The molecule has 1 fully saturated rings. The minimum absolute atomic E-state index is 0.0278. The maximum absolute atomic E-state index is 11.1. The van der Waals surface area contributed by atoms with E-state index < -0.39 is 0 Å². The predicted octanol–water partition coefficient (Wildman–Crippen LogP) is 5.25. The number of nitrogens with zero attached hydrogens (tertiary/aromatic N) is 4. The summed E-state index contributed by atoms with van der Waals surface area (Å²) in [6.45, 7) is 13.2. The first-order valence-corrected chi connectivity index (χ1v) is 11.6. The molecule has 0 amide bonds. The third kappa shape index (κ3) is 3.92. The Labute approximate surface area is 177 Å². The summed E-state index contributed by atoms with van der Waals surface area (Å²) in [5, 5.41) is 15.6. The normalized spacial score (nSPS) is 21.9. The second kappa shape index (κ2) is 8.07. The number of benzene rings is 1.